The number of rotatable bonds is 6. The Morgan fingerprint density at radius 2 is 1.73 bits per heavy atom. The molecule has 0 heterocycles. The molecule has 0 saturated heterocycles. The fraction of sp³-hybridized carbons (Fsp3) is 0.235. The molecule has 0 spiro atoms. The van der Waals surface area contributed by atoms with E-state index in [1.54, 1.807) is 12.1 Å². The van der Waals surface area contributed by atoms with Crippen molar-refractivity contribution in [1.29, 1.82) is 0 Å². The number of benzene rings is 2. The Kier molecular flexibility index (Phi) is 5.47. The average molecular weight is 305 g/mol. The maximum Gasteiger partial charge on any atom is 0.387 e. The van der Waals surface area contributed by atoms with Gasteiger partial charge in [0.05, 0.1) is 12.5 Å². The van der Waals surface area contributed by atoms with Crippen LogP contribution in [0.15, 0.2) is 54.6 Å². The van der Waals surface area contributed by atoms with Gasteiger partial charge in [-0.05, 0) is 30.2 Å². The number of amides is 1. The van der Waals surface area contributed by atoms with Gasteiger partial charge in [0.25, 0.3) is 0 Å². The molecule has 0 aromatic heterocycles. The summed E-state index contributed by atoms with van der Waals surface area (Å²) in [5.41, 5.74) is 1.76. The van der Waals surface area contributed by atoms with E-state index in [1.807, 2.05) is 37.3 Å². The highest BCUT2D eigenvalue weighted by atomic mass is 19.3. The van der Waals surface area contributed by atoms with Gasteiger partial charge in [-0.1, -0.05) is 42.5 Å². The summed E-state index contributed by atoms with van der Waals surface area (Å²) in [6.07, 6.45) is 0.303. The Labute approximate surface area is 127 Å². The maximum atomic E-state index is 12.1. The third kappa shape index (κ3) is 4.84. The van der Waals surface area contributed by atoms with Gasteiger partial charge >= 0.3 is 6.61 Å². The van der Waals surface area contributed by atoms with E-state index in [4.69, 9.17) is 0 Å². The summed E-state index contributed by atoms with van der Waals surface area (Å²) in [5, 5.41) is 2.88. The first-order chi connectivity index (χ1) is 10.5. The number of alkyl halides is 2. The van der Waals surface area contributed by atoms with Crippen molar-refractivity contribution in [2.24, 2.45) is 0 Å². The fourth-order valence-corrected chi connectivity index (χ4v) is 2.10. The summed E-state index contributed by atoms with van der Waals surface area (Å²) < 4.78 is 28.4. The molecule has 0 unspecified atom stereocenters. The van der Waals surface area contributed by atoms with Crippen LogP contribution in [0.2, 0.25) is 0 Å². The molecule has 0 aliphatic heterocycles. The van der Waals surface area contributed by atoms with Crippen molar-refractivity contribution in [3.05, 3.63) is 65.7 Å². The van der Waals surface area contributed by atoms with Crippen molar-refractivity contribution >= 4 is 5.91 Å². The quantitative estimate of drug-likeness (QED) is 0.883. The van der Waals surface area contributed by atoms with Crippen molar-refractivity contribution in [3.63, 3.8) is 0 Å². The standard InChI is InChI=1S/C17H17F2NO2/c1-12(14-7-9-15(10-8-14)22-17(18)19)20-16(21)11-13-5-3-2-4-6-13/h2-10,12,17H,11H2,1H3,(H,20,21)/t12-/m0/s1. The van der Waals surface area contributed by atoms with Crippen LogP contribution in [-0.4, -0.2) is 12.5 Å². The molecule has 0 aliphatic rings. The van der Waals surface area contributed by atoms with Crippen molar-refractivity contribution in [2.75, 3.05) is 0 Å². The van der Waals surface area contributed by atoms with Crippen LogP contribution in [0, 0.1) is 0 Å². The number of nitrogens with one attached hydrogen (secondary N) is 1. The van der Waals surface area contributed by atoms with Gasteiger partial charge in [0.2, 0.25) is 5.91 Å². The highest BCUT2D eigenvalue weighted by molar-refractivity contribution is 5.79. The third-order valence-corrected chi connectivity index (χ3v) is 3.19. The van der Waals surface area contributed by atoms with E-state index in [0.29, 0.717) is 6.42 Å². The Morgan fingerprint density at radius 3 is 2.32 bits per heavy atom. The van der Waals surface area contributed by atoms with E-state index in [1.165, 1.54) is 12.1 Å². The molecule has 1 atom stereocenters. The lowest BCUT2D eigenvalue weighted by Gasteiger charge is -2.15. The van der Waals surface area contributed by atoms with Crippen LogP contribution >= 0.6 is 0 Å². The lowest BCUT2D eigenvalue weighted by atomic mass is 10.1. The molecule has 2 rings (SSSR count). The Morgan fingerprint density at radius 1 is 1.09 bits per heavy atom. The number of carbonyl (C=O) groups excluding carboxylic acids is 1. The van der Waals surface area contributed by atoms with E-state index in [0.717, 1.165) is 11.1 Å². The van der Waals surface area contributed by atoms with Crippen LogP contribution in [0.4, 0.5) is 8.78 Å². The molecular weight excluding hydrogens is 288 g/mol. The number of halogens is 2. The van der Waals surface area contributed by atoms with Gasteiger partial charge in [-0.3, -0.25) is 4.79 Å². The first-order valence-corrected chi connectivity index (χ1v) is 6.92. The zero-order valence-corrected chi connectivity index (χ0v) is 12.1. The molecule has 3 nitrogen and oxygen atoms in total. The van der Waals surface area contributed by atoms with Crippen LogP contribution in [0.1, 0.15) is 24.1 Å². The SMILES string of the molecule is C[C@H](NC(=O)Cc1ccccc1)c1ccc(OC(F)F)cc1. The van der Waals surface area contributed by atoms with Gasteiger partial charge in [0, 0.05) is 0 Å². The fourth-order valence-electron chi connectivity index (χ4n) is 2.10. The normalized spacial score (nSPS) is 12.0. The highest BCUT2D eigenvalue weighted by Gasteiger charge is 2.11. The highest BCUT2D eigenvalue weighted by Crippen LogP contribution is 2.19. The first kappa shape index (κ1) is 15.9. The van der Waals surface area contributed by atoms with Gasteiger partial charge in [0.1, 0.15) is 5.75 Å². The predicted octanol–water partition coefficient (Wildman–Crippen LogP) is 3.71. The Hall–Kier alpha value is -2.43. The topological polar surface area (TPSA) is 38.3 Å². The monoisotopic (exact) mass is 305 g/mol. The molecule has 0 aliphatic carbocycles. The molecule has 22 heavy (non-hydrogen) atoms. The number of ether oxygens (including phenoxy) is 1. The van der Waals surface area contributed by atoms with Gasteiger partial charge in [0.15, 0.2) is 0 Å². The van der Waals surface area contributed by atoms with Crippen molar-refractivity contribution in [1.82, 2.24) is 5.32 Å². The minimum Gasteiger partial charge on any atom is -0.435 e. The Balaban J connectivity index is 1.91. The number of carbonyl (C=O) groups is 1. The van der Waals surface area contributed by atoms with Crippen LogP contribution < -0.4 is 10.1 Å². The van der Waals surface area contributed by atoms with Gasteiger partial charge in [-0.25, -0.2) is 0 Å². The number of hydrogen-bond acceptors (Lipinski definition) is 2. The summed E-state index contributed by atoms with van der Waals surface area (Å²) in [4.78, 5) is 12.0. The summed E-state index contributed by atoms with van der Waals surface area (Å²) in [7, 11) is 0. The molecule has 116 valence electrons. The zero-order valence-electron chi connectivity index (χ0n) is 12.1. The molecule has 5 heteroatoms. The summed E-state index contributed by atoms with van der Waals surface area (Å²) >= 11 is 0. The largest absolute Gasteiger partial charge is 0.435 e. The summed E-state index contributed by atoms with van der Waals surface area (Å²) in [6, 6.07) is 15.5. The van der Waals surface area contributed by atoms with Crippen molar-refractivity contribution in [3.8, 4) is 5.75 Å². The van der Waals surface area contributed by atoms with Gasteiger partial charge < -0.3 is 10.1 Å². The second-order valence-electron chi connectivity index (χ2n) is 4.90. The van der Waals surface area contributed by atoms with Crippen LogP contribution in [-0.2, 0) is 11.2 Å². The maximum absolute atomic E-state index is 12.1. The second-order valence-corrected chi connectivity index (χ2v) is 4.90. The van der Waals surface area contributed by atoms with E-state index < -0.39 is 6.61 Å². The molecule has 0 bridgehead atoms. The lowest BCUT2D eigenvalue weighted by Crippen LogP contribution is -2.28. The van der Waals surface area contributed by atoms with Crippen LogP contribution in [0.25, 0.3) is 0 Å². The lowest BCUT2D eigenvalue weighted by molar-refractivity contribution is -0.121. The number of hydrogen-bond donors (Lipinski definition) is 1. The van der Waals surface area contributed by atoms with E-state index in [9.17, 15) is 13.6 Å². The minimum absolute atomic E-state index is 0.0911. The summed E-state index contributed by atoms with van der Waals surface area (Å²) in [5.74, 6) is 0.00756. The third-order valence-electron chi connectivity index (χ3n) is 3.19. The van der Waals surface area contributed by atoms with Gasteiger partial charge in [-0.15, -0.1) is 0 Å². The van der Waals surface area contributed by atoms with Crippen LogP contribution in [0.3, 0.4) is 0 Å². The molecule has 0 fully saturated rings. The zero-order chi connectivity index (χ0) is 15.9. The van der Waals surface area contributed by atoms with E-state index in [2.05, 4.69) is 10.1 Å². The Bertz CT molecular complexity index is 600. The van der Waals surface area contributed by atoms with E-state index >= 15 is 0 Å². The van der Waals surface area contributed by atoms with Gasteiger partial charge in [-0.2, -0.15) is 8.78 Å². The summed E-state index contributed by atoms with van der Waals surface area (Å²) in [6.45, 7) is -1.000. The first-order valence-electron chi connectivity index (χ1n) is 6.92. The van der Waals surface area contributed by atoms with Crippen LogP contribution in [0.5, 0.6) is 5.75 Å². The average Bonchev–Trinajstić information content (AvgIpc) is 2.48. The van der Waals surface area contributed by atoms with Crippen molar-refractivity contribution < 1.29 is 18.3 Å². The predicted molar refractivity (Wildman–Crippen MR) is 79.8 cm³/mol. The molecule has 1 amide bonds. The van der Waals surface area contributed by atoms with E-state index in [-0.39, 0.29) is 17.7 Å². The molecule has 2 aromatic carbocycles. The molecule has 1 N–H and O–H groups in total. The molecule has 0 radical (unpaired) electrons. The second kappa shape index (κ2) is 7.54. The molecule has 2 aromatic rings. The van der Waals surface area contributed by atoms with Crippen molar-refractivity contribution in [2.45, 2.75) is 26.0 Å². The molecular formula is C17H17F2NO2. The smallest absolute Gasteiger partial charge is 0.387 e. The minimum atomic E-state index is -2.84. The molecule has 0 saturated carbocycles.